The summed E-state index contributed by atoms with van der Waals surface area (Å²) < 4.78 is 0. The maximum absolute atomic E-state index is 11.2. The molecule has 0 aromatic carbocycles. The second-order valence-electron chi connectivity index (χ2n) is 3.47. The molecule has 1 rings (SSSR count). The third-order valence-corrected chi connectivity index (χ3v) is 2.20. The lowest BCUT2D eigenvalue weighted by Crippen LogP contribution is -2.53. The molecule has 0 saturated carbocycles. The van der Waals surface area contributed by atoms with Crippen LogP contribution < -0.4 is 5.32 Å². The molecule has 1 aliphatic rings. The van der Waals surface area contributed by atoms with Crippen LogP contribution in [0, 0.1) is 5.92 Å². The van der Waals surface area contributed by atoms with Crippen LogP contribution in [0.1, 0.15) is 13.3 Å². The molecule has 4 heteroatoms. The van der Waals surface area contributed by atoms with Gasteiger partial charge in [-0.05, 0) is 20.5 Å². The number of piperidine rings is 1. The van der Waals surface area contributed by atoms with Crippen molar-refractivity contribution in [2.75, 3.05) is 14.1 Å². The van der Waals surface area contributed by atoms with Crippen LogP contribution in [0.5, 0.6) is 0 Å². The summed E-state index contributed by atoms with van der Waals surface area (Å²) in [5.74, 6) is -0.392. The zero-order valence-corrected chi connectivity index (χ0v) is 7.63. The Kier molecular flexibility index (Phi) is 2.47. The number of hydrogen-bond donors (Lipinski definition) is 1. The van der Waals surface area contributed by atoms with Gasteiger partial charge in [0, 0.05) is 5.92 Å². The van der Waals surface area contributed by atoms with E-state index in [1.165, 1.54) is 0 Å². The number of nitrogens with one attached hydrogen (secondary N) is 1. The molecule has 0 bridgehead atoms. The highest BCUT2D eigenvalue weighted by atomic mass is 16.2. The van der Waals surface area contributed by atoms with Crippen LogP contribution in [0.15, 0.2) is 0 Å². The molecule has 0 aromatic rings. The average molecular weight is 170 g/mol. The molecule has 1 aliphatic heterocycles. The van der Waals surface area contributed by atoms with E-state index >= 15 is 0 Å². The standard InChI is InChI=1S/C8H14N2O2/c1-5-4-6(10(2)3)8(12)9-7(5)11/h5-6H,4H2,1-3H3,(H,9,11,12). The zero-order chi connectivity index (χ0) is 9.30. The first kappa shape index (κ1) is 9.19. The van der Waals surface area contributed by atoms with Gasteiger partial charge in [0.2, 0.25) is 11.8 Å². The Morgan fingerprint density at radius 2 is 1.92 bits per heavy atom. The number of nitrogens with zero attached hydrogens (tertiary/aromatic N) is 1. The van der Waals surface area contributed by atoms with E-state index in [9.17, 15) is 9.59 Å². The fraction of sp³-hybridized carbons (Fsp3) is 0.750. The summed E-state index contributed by atoms with van der Waals surface area (Å²) >= 11 is 0. The number of carbonyl (C=O) groups excluding carboxylic acids is 2. The van der Waals surface area contributed by atoms with E-state index in [2.05, 4.69) is 5.32 Å². The van der Waals surface area contributed by atoms with Gasteiger partial charge >= 0.3 is 0 Å². The van der Waals surface area contributed by atoms with Gasteiger partial charge in [0.15, 0.2) is 0 Å². The van der Waals surface area contributed by atoms with Gasteiger partial charge in [-0.1, -0.05) is 6.92 Å². The number of likely N-dealkylation sites (N-methyl/N-ethyl adjacent to an activating group) is 1. The lowest BCUT2D eigenvalue weighted by atomic mass is 9.95. The Bertz CT molecular complexity index is 213. The van der Waals surface area contributed by atoms with E-state index in [4.69, 9.17) is 0 Å². The van der Waals surface area contributed by atoms with Gasteiger partial charge in [-0.3, -0.25) is 19.8 Å². The van der Waals surface area contributed by atoms with Gasteiger partial charge in [0.1, 0.15) is 0 Å². The van der Waals surface area contributed by atoms with Crippen molar-refractivity contribution in [1.82, 2.24) is 10.2 Å². The Morgan fingerprint density at radius 3 is 2.42 bits per heavy atom. The van der Waals surface area contributed by atoms with Crippen molar-refractivity contribution in [3.63, 3.8) is 0 Å². The van der Waals surface area contributed by atoms with Crippen LogP contribution in [0.2, 0.25) is 0 Å². The fourth-order valence-corrected chi connectivity index (χ4v) is 1.32. The molecule has 1 saturated heterocycles. The normalized spacial score (nSPS) is 30.7. The summed E-state index contributed by atoms with van der Waals surface area (Å²) in [4.78, 5) is 24.1. The molecule has 1 fully saturated rings. The highest BCUT2D eigenvalue weighted by molar-refractivity contribution is 6.01. The number of amides is 2. The van der Waals surface area contributed by atoms with Crippen LogP contribution in [-0.4, -0.2) is 36.9 Å². The molecule has 0 aromatic heterocycles. The SMILES string of the molecule is CC1CC(N(C)C)C(=O)NC1=O. The predicted molar refractivity (Wildman–Crippen MR) is 44.4 cm³/mol. The monoisotopic (exact) mass is 170 g/mol. The minimum Gasteiger partial charge on any atom is -0.298 e. The average Bonchev–Trinajstić information content (AvgIpc) is 1.96. The molecule has 1 heterocycles. The number of carbonyl (C=O) groups is 2. The summed E-state index contributed by atoms with van der Waals surface area (Å²) in [6.07, 6.45) is 0.623. The van der Waals surface area contributed by atoms with Gasteiger partial charge in [0.05, 0.1) is 6.04 Å². The Morgan fingerprint density at radius 1 is 1.33 bits per heavy atom. The van der Waals surface area contributed by atoms with Gasteiger partial charge in [0.25, 0.3) is 0 Å². The van der Waals surface area contributed by atoms with Crippen molar-refractivity contribution in [2.45, 2.75) is 19.4 Å². The van der Waals surface area contributed by atoms with Crippen LogP contribution >= 0.6 is 0 Å². The van der Waals surface area contributed by atoms with Gasteiger partial charge < -0.3 is 0 Å². The van der Waals surface area contributed by atoms with E-state index in [1.807, 2.05) is 25.9 Å². The van der Waals surface area contributed by atoms with E-state index in [1.54, 1.807) is 0 Å². The first-order chi connectivity index (χ1) is 5.52. The smallest absolute Gasteiger partial charge is 0.243 e. The Hall–Kier alpha value is -0.900. The van der Waals surface area contributed by atoms with Crippen LogP contribution in [-0.2, 0) is 9.59 Å². The van der Waals surface area contributed by atoms with Crippen molar-refractivity contribution < 1.29 is 9.59 Å². The Labute approximate surface area is 71.9 Å². The molecule has 2 unspecified atom stereocenters. The van der Waals surface area contributed by atoms with Gasteiger partial charge in [-0.25, -0.2) is 0 Å². The molecule has 2 amide bonds. The maximum atomic E-state index is 11.2. The highest BCUT2D eigenvalue weighted by Gasteiger charge is 2.32. The molecule has 0 radical (unpaired) electrons. The van der Waals surface area contributed by atoms with Crippen molar-refractivity contribution in [1.29, 1.82) is 0 Å². The summed E-state index contributed by atoms with van der Waals surface area (Å²) in [7, 11) is 3.68. The Balaban J connectivity index is 2.68. The van der Waals surface area contributed by atoms with Gasteiger partial charge in [-0.2, -0.15) is 0 Å². The zero-order valence-electron chi connectivity index (χ0n) is 7.63. The largest absolute Gasteiger partial charge is 0.298 e. The lowest BCUT2D eigenvalue weighted by molar-refractivity contribution is -0.139. The predicted octanol–water partition coefficient (Wildman–Crippen LogP) is -0.401. The molecule has 0 aliphatic carbocycles. The van der Waals surface area contributed by atoms with Crippen molar-refractivity contribution in [2.24, 2.45) is 5.92 Å². The van der Waals surface area contributed by atoms with E-state index < -0.39 is 0 Å². The summed E-state index contributed by atoms with van der Waals surface area (Å²) in [6.45, 7) is 1.83. The van der Waals surface area contributed by atoms with Crippen molar-refractivity contribution in [3.05, 3.63) is 0 Å². The fourth-order valence-electron chi connectivity index (χ4n) is 1.32. The topological polar surface area (TPSA) is 49.4 Å². The number of rotatable bonds is 1. The van der Waals surface area contributed by atoms with Crippen LogP contribution in [0.4, 0.5) is 0 Å². The quantitative estimate of drug-likeness (QED) is 0.545. The second-order valence-corrected chi connectivity index (χ2v) is 3.47. The molecule has 68 valence electrons. The first-order valence-corrected chi connectivity index (χ1v) is 4.03. The lowest BCUT2D eigenvalue weighted by Gasteiger charge is -2.29. The molecule has 4 nitrogen and oxygen atoms in total. The molecular formula is C8H14N2O2. The van der Waals surface area contributed by atoms with Crippen molar-refractivity contribution >= 4 is 11.8 Å². The third kappa shape index (κ3) is 1.64. The molecular weight excluding hydrogens is 156 g/mol. The minimum absolute atomic E-state index is 0.0601. The molecule has 12 heavy (non-hydrogen) atoms. The third-order valence-electron chi connectivity index (χ3n) is 2.20. The van der Waals surface area contributed by atoms with Crippen LogP contribution in [0.25, 0.3) is 0 Å². The van der Waals surface area contributed by atoms with Gasteiger partial charge in [-0.15, -0.1) is 0 Å². The minimum atomic E-state index is -0.178. The van der Waals surface area contributed by atoms with Crippen LogP contribution in [0.3, 0.4) is 0 Å². The van der Waals surface area contributed by atoms with E-state index in [-0.39, 0.29) is 23.8 Å². The molecule has 2 atom stereocenters. The van der Waals surface area contributed by atoms with E-state index in [0.717, 1.165) is 0 Å². The highest BCUT2D eigenvalue weighted by Crippen LogP contribution is 2.14. The summed E-state index contributed by atoms with van der Waals surface area (Å²) in [5, 5.41) is 2.34. The maximum Gasteiger partial charge on any atom is 0.243 e. The van der Waals surface area contributed by atoms with Crippen molar-refractivity contribution in [3.8, 4) is 0 Å². The molecule has 1 N–H and O–H groups in total. The first-order valence-electron chi connectivity index (χ1n) is 4.03. The van der Waals surface area contributed by atoms with E-state index in [0.29, 0.717) is 6.42 Å². The summed E-state index contributed by atoms with van der Waals surface area (Å²) in [5.41, 5.74) is 0. The number of hydrogen-bond acceptors (Lipinski definition) is 3. The molecule has 0 spiro atoms. The summed E-state index contributed by atoms with van der Waals surface area (Å²) in [6, 6.07) is -0.155. The number of imide groups is 1. The second kappa shape index (κ2) is 3.23.